The molecule has 0 fully saturated rings. The van der Waals surface area contributed by atoms with E-state index < -0.39 is 0 Å². The zero-order valence-corrected chi connectivity index (χ0v) is 5.09. The molecule has 0 amide bonds. The van der Waals surface area contributed by atoms with Crippen LogP contribution in [0.2, 0.25) is 0 Å². The molecular formula is C6H12O2. The fraction of sp³-hybridized carbons (Fsp3) is 0.667. The molecule has 0 aromatic rings. The Balaban J connectivity index is 3.12. The summed E-state index contributed by atoms with van der Waals surface area (Å²) in [7, 11) is 0. The number of allylic oxidation sites excluding steroid dienone is 1. The Morgan fingerprint density at radius 2 is 2.25 bits per heavy atom. The third-order valence-corrected chi connectivity index (χ3v) is 0.950. The third-order valence-electron chi connectivity index (χ3n) is 0.950. The van der Waals surface area contributed by atoms with Crippen molar-refractivity contribution in [1.82, 2.24) is 0 Å². The smallest absolute Gasteiger partial charge is 0.0780 e. The van der Waals surface area contributed by atoms with Crippen LogP contribution in [-0.2, 0) is 0 Å². The van der Waals surface area contributed by atoms with E-state index in [1.54, 1.807) is 0 Å². The van der Waals surface area contributed by atoms with Gasteiger partial charge in [-0.25, -0.2) is 0 Å². The van der Waals surface area contributed by atoms with Crippen LogP contribution in [0.5, 0.6) is 0 Å². The molecule has 48 valence electrons. The van der Waals surface area contributed by atoms with Crippen molar-refractivity contribution in [1.29, 1.82) is 0 Å². The first-order chi connectivity index (χ1) is 3.81. The predicted octanol–water partition coefficient (Wildman–Crippen LogP) is 1.22. The van der Waals surface area contributed by atoms with E-state index in [1.807, 2.05) is 6.92 Å². The van der Waals surface area contributed by atoms with Gasteiger partial charge < -0.3 is 10.2 Å². The van der Waals surface area contributed by atoms with E-state index in [9.17, 15) is 0 Å². The van der Waals surface area contributed by atoms with Gasteiger partial charge in [0.25, 0.3) is 0 Å². The second-order valence-electron chi connectivity index (χ2n) is 1.80. The molecule has 0 bridgehead atoms. The molecule has 0 saturated carbocycles. The lowest BCUT2D eigenvalue weighted by atomic mass is 10.2. The second-order valence-corrected chi connectivity index (χ2v) is 1.80. The highest BCUT2D eigenvalue weighted by atomic mass is 16.3. The monoisotopic (exact) mass is 116 g/mol. The van der Waals surface area contributed by atoms with Crippen LogP contribution in [0.3, 0.4) is 0 Å². The van der Waals surface area contributed by atoms with Crippen molar-refractivity contribution in [3.8, 4) is 0 Å². The summed E-state index contributed by atoms with van der Waals surface area (Å²) in [4.78, 5) is 0. The van der Waals surface area contributed by atoms with Gasteiger partial charge in [-0.1, -0.05) is 0 Å². The summed E-state index contributed by atoms with van der Waals surface area (Å²) in [5.41, 5.74) is 0.916. The molecule has 2 nitrogen and oxygen atoms in total. The Bertz CT molecular complexity index is 76.6. The third kappa shape index (κ3) is 3.68. The second kappa shape index (κ2) is 4.65. The zero-order chi connectivity index (χ0) is 6.41. The minimum atomic E-state index is 0.200. The zero-order valence-electron chi connectivity index (χ0n) is 5.09. The maximum absolute atomic E-state index is 8.32. The quantitative estimate of drug-likeness (QED) is 0.544. The van der Waals surface area contributed by atoms with Gasteiger partial charge in [0.05, 0.1) is 6.26 Å². The van der Waals surface area contributed by atoms with Gasteiger partial charge in [-0.05, 0) is 25.3 Å². The predicted molar refractivity (Wildman–Crippen MR) is 32.7 cm³/mol. The summed E-state index contributed by atoms with van der Waals surface area (Å²) in [5.74, 6) is 0. The van der Waals surface area contributed by atoms with Crippen LogP contribution in [0.4, 0.5) is 0 Å². The number of aliphatic hydroxyl groups excluding tert-OH is 2. The summed E-state index contributed by atoms with van der Waals surface area (Å²) in [6, 6.07) is 0. The number of hydrogen-bond acceptors (Lipinski definition) is 2. The van der Waals surface area contributed by atoms with Crippen LogP contribution < -0.4 is 0 Å². The molecule has 0 saturated heterocycles. The Morgan fingerprint density at radius 1 is 1.62 bits per heavy atom. The first-order valence-electron chi connectivity index (χ1n) is 2.72. The van der Waals surface area contributed by atoms with Crippen molar-refractivity contribution in [2.24, 2.45) is 0 Å². The van der Waals surface area contributed by atoms with E-state index in [4.69, 9.17) is 10.2 Å². The summed E-state index contributed by atoms with van der Waals surface area (Å²) in [5, 5.41) is 16.6. The van der Waals surface area contributed by atoms with Gasteiger partial charge in [0.15, 0.2) is 0 Å². The molecule has 2 N–H and O–H groups in total. The Morgan fingerprint density at radius 3 is 2.62 bits per heavy atom. The van der Waals surface area contributed by atoms with E-state index in [-0.39, 0.29) is 6.61 Å². The minimum absolute atomic E-state index is 0.200. The maximum atomic E-state index is 8.32. The van der Waals surface area contributed by atoms with Crippen LogP contribution >= 0.6 is 0 Å². The fourth-order valence-electron chi connectivity index (χ4n) is 0.422. The van der Waals surface area contributed by atoms with Crippen LogP contribution in [-0.4, -0.2) is 16.8 Å². The van der Waals surface area contributed by atoms with Crippen molar-refractivity contribution >= 4 is 0 Å². The molecule has 0 spiro atoms. The van der Waals surface area contributed by atoms with E-state index in [1.165, 1.54) is 0 Å². The van der Waals surface area contributed by atoms with Gasteiger partial charge in [0, 0.05) is 6.61 Å². The van der Waals surface area contributed by atoms with Crippen molar-refractivity contribution in [2.75, 3.05) is 6.61 Å². The average Bonchev–Trinajstić information content (AvgIpc) is 1.83. The van der Waals surface area contributed by atoms with E-state index in [2.05, 4.69) is 0 Å². The van der Waals surface area contributed by atoms with E-state index in [0.29, 0.717) is 0 Å². The first kappa shape index (κ1) is 7.50. The van der Waals surface area contributed by atoms with Gasteiger partial charge in [0.2, 0.25) is 0 Å². The van der Waals surface area contributed by atoms with E-state index in [0.717, 1.165) is 24.7 Å². The molecule has 0 atom stereocenters. The highest BCUT2D eigenvalue weighted by molar-refractivity contribution is 4.90. The molecule has 0 aromatic carbocycles. The number of aliphatic hydroxyl groups is 2. The summed E-state index contributed by atoms with van der Waals surface area (Å²) < 4.78 is 0. The summed E-state index contributed by atoms with van der Waals surface area (Å²) in [6.07, 6.45) is 2.60. The summed E-state index contributed by atoms with van der Waals surface area (Å²) >= 11 is 0. The fourth-order valence-corrected chi connectivity index (χ4v) is 0.422. The van der Waals surface area contributed by atoms with Gasteiger partial charge in [0.1, 0.15) is 0 Å². The van der Waals surface area contributed by atoms with Gasteiger partial charge in [-0.2, -0.15) is 0 Å². The number of rotatable bonds is 3. The Kier molecular flexibility index (Phi) is 4.36. The van der Waals surface area contributed by atoms with Crippen LogP contribution in [0, 0.1) is 0 Å². The Labute approximate surface area is 49.5 Å². The lowest BCUT2D eigenvalue weighted by molar-refractivity contribution is 0.288. The van der Waals surface area contributed by atoms with Crippen LogP contribution in [0.15, 0.2) is 11.8 Å². The van der Waals surface area contributed by atoms with Crippen molar-refractivity contribution in [3.05, 3.63) is 11.8 Å². The lowest BCUT2D eigenvalue weighted by Gasteiger charge is -1.93. The van der Waals surface area contributed by atoms with Crippen molar-refractivity contribution in [2.45, 2.75) is 19.8 Å². The maximum Gasteiger partial charge on any atom is 0.0780 e. The van der Waals surface area contributed by atoms with Crippen molar-refractivity contribution in [3.63, 3.8) is 0 Å². The topological polar surface area (TPSA) is 40.5 Å². The average molecular weight is 116 g/mol. The van der Waals surface area contributed by atoms with Gasteiger partial charge >= 0.3 is 0 Å². The van der Waals surface area contributed by atoms with Crippen molar-refractivity contribution < 1.29 is 10.2 Å². The molecule has 8 heavy (non-hydrogen) atoms. The summed E-state index contributed by atoms with van der Waals surface area (Å²) in [6.45, 7) is 2.03. The van der Waals surface area contributed by atoms with Gasteiger partial charge in [-0.3, -0.25) is 0 Å². The Hall–Kier alpha value is -0.500. The molecular weight excluding hydrogens is 104 g/mol. The van der Waals surface area contributed by atoms with Crippen LogP contribution in [0.1, 0.15) is 19.8 Å². The van der Waals surface area contributed by atoms with E-state index >= 15 is 0 Å². The molecule has 0 rings (SSSR count). The SMILES string of the molecule is CC(=CO)CCCO. The normalized spacial score (nSPS) is 12.0. The number of hydrogen-bond donors (Lipinski definition) is 2. The highest BCUT2D eigenvalue weighted by Gasteiger charge is 1.86. The molecule has 0 radical (unpaired) electrons. The molecule has 0 aliphatic rings. The molecule has 0 aliphatic heterocycles. The molecule has 0 heterocycles. The van der Waals surface area contributed by atoms with Gasteiger partial charge in [-0.15, -0.1) is 0 Å². The molecule has 0 aromatic heterocycles. The first-order valence-corrected chi connectivity index (χ1v) is 2.72. The molecule has 2 heteroatoms. The standard InChI is InChI=1S/C6H12O2/c1-6(5-8)3-2-4-7/h5,7-8H,2-4H2,1H3. The molecule has 0 unspecified atom stereocenters. The lowest BCUT2D eigenvalue weighted by Crippen LogP contribution is -1.83. The van der Waals surface area contributed by atoms with Crippen LogP contribution in [0.25, 0.3) is 0 Å². The highest BCUT2D eigenvalue weighted by Crippen LogP contribution is 2.00. The largest absolute Gasteiger partial charge is 0.516 e. The minimum Gasteiger partial charge on any atom is -0.516 e. The molecule has 0 aliphatic carbocycles.